The molecule has 20 heavy (non-hydrogen) atoms. The molecule has 2 unspecified atom stereocenters. The minimum Gasteiger partial charge on any atom is -0.319 e. The first-order valence-electron chi connectivity index (χ1n) is 8.28. The number of hydrogen-bond donors (Lipinski definition) is 1. The van der Waals surface area contributed by atoms with E-state index in [0.29, 0.717) is 6.04 Å². The van der Waals surface area contributed by atoms with Crippen LogP contribution < -0.4 is 5.32 Å². The topological polar surface area (TPSA) is 15.3 Å². The molecule has 0 amide bonds. The summed E-state index contributed by atoms with van der Waals surface area (Å²) in [4.78, 5) is 2.72. The standard InChI is InChI=1S/C18H30N2/c1-4-12-20-13-8-10-16(14-19-3)18(20)17-11-7-6-9-15(17)5-2/h6-7,9,11,16,18-19H,4-5,8,10,12-14H2,1-3H3. The van der Waals surface area contributed by atoms with Crippen LogP contribution in [0.4, 0.5) is 0 Å². The molecular weight excluding hydrogens is 244 g/mol. The second kappa shape index (κ2) is 7.80. The zero-order valence-corrected chi connectivity index (χ0v) is 13.4. The highest BCUT2D eigenvalue weighted by Crippen LogP contribution is 2.37. The zero-order chi connectivity index (χ0) is 14.4. The van der Waals surface area contributed by atoms with Gasteiger partial charge in [0.25, 0.3) is 0 Å². The molecule has 2 rings (SSSR count). The van der Waals surface area contributed by atoms with E-state index in [2.05, 4.69) is 55.4 Å². The summed E-state index contributed by atoms with van der Waals surface area (Å²) >= 11 is 0. The van der Waals surface area contributed by atoms with Gasteiger partial charge in [-0.2, -0.15) is 0 Å². The minimum atomic E-state index is 0.604. The van der Waals surface area contributed by atoms with E-state index in [1.165, 1.54) is 37.9 Å². The smallest absolute Gasteiger partial charge is 0.0391 e. The maximum absolute atomic E-state index is 3.41. The summed E-state index contributed by atoms with van der Waals surface area (Å²) in [5.41, 5.74) is 3.10. The molecule has 2 atom stereocenters. The molecule has 1 saturated heterocycles. The lowest BCUT2D eigenvalue weighted by atomic mass is 9.82. The van der Waals surface area contributed by atoms with Crippen LogP contribution in [-0.2, 0) is 6.42 Å². The number of hydrogen-bond acceptors (Lipinski definition) is 2. The Morgan fingerprint density at radius 1 is 1.25 bits per heavy atom. The number of piperidine rings is 1. The maximum atomic E-state index is 3.41. The van der Waals surface area contributed by atoms with Gasteiger partial charge < -0.3 is 5.32 Å². The van der Waals surface area contributed by atoms with Crippen molar-refractivity contribution in [1.82, 2.24) is 10.2 Å². The molecule has 1 heterocycles. The molecule has 1 aromatic rings. The largest absolute Gasteiger partial charge is 0.319 e. The Balaban J connectivity index is 2.32. The molecule has 0 spiro atoms. The highest BCUT2D eigenvalue weighted by atomic mass is 15.2. The second-order valence-corrected chi connectivity index (χ2v) is 5.99. The number of likely N-dealkylation sites (tertiary alicyclic amines) is 1. The number of nitrogens with one attached hydrogen (secondary N) is 1. The van der Waals surface area contributed by atoms with Gasteiger partial charge in [-0.05, 0) is 69.4 Å². The first-order valence-corrected chi connectivity index (χ1v) is 8.28. The van der Waals surface area contributed by atoms with E-state index in [4.69, 9.17) is 0 Å². The Kier molecular flexibility index (Phi) is 6.06. The fourth-order valence-corrected chi connectivity index (χ4v) is 3.76. The monoisotopic (exact) mass is 274 g/mol. The molecule has 0 bridgehead atoms. The van der Waals surface area contributed by atoms with Crippen LogP contribution in [-0.4, -0.2) is 31.6 Å². The Morgan fingerprint density at radius 3 is 2.75 bits per heavy atom. The van der Waals surface area contributed by atoms with Crippen LogP contribution in [0.1, 0.15) is 50.3 Å². The number of aryl methyl sites for hydroxylation is 1. The molecule has 1 aromatic carbocycles. The molecule has 0 aliphatic carbocycles. The molecule has 1 fully saturated rings. The van der Waals surface area contributed by atoms with E-state index < -0.39 is 0 Å². The van der Waals surface area contributed by atoms with Gasteiger partial charge >= 0.3 is 0 Å². The summed E-state index contributed by atoms with van der Waals surface area (Å²) in [6.45, 7) is 8.19. The zero-order valence-electron chi connectivity index (χ0n) is 13.4. The van der Waals surface area contributed by atoms with Crippen molar-refractivity contribution in [2.75, 3.05) is 26.7 Å². The highest BCUT2D eigenvalue weighted by Gasteiger charge is 2.32. The van der Waals surface area contributed by atoms with Crippen LogP contribution in [0.5, 0.6) is 0 Å². The predicted molar refractivity (Wildman–Crippen MR) is 87.1 cm³/mol. The van der Waals surface area contributed by atoms with Gasteiger partial charge in [0.05, 0.1) is 0 Å². The molecule has 2 heteroatoms. The molecule has 1 aliphatic heterocycles. The Hall–Kier alpha value is -0.860. The van der Waals surface area contributed by atoms with Gasteiger partial charge in [-0.15, -0.1) is 0 Å². The predicted octanol–water partition coefficient (Wildman–Crippen LogP) is 3.63. The number of benzene rings is 1. The van der Waals surface area contributed by atoms with Crippen LogP contribution in [0.2, 0.25) is 0 Å². The van der Waals surface area contributed by atoms with Crippen LogP contribution in [0.15, 0.2) is 24.3 Å². The Morgan fingerprint density at radius 2 is 2.05 bits per heavy atom. The average molecular weight is 274 g/mol. The van der Waals surface area contributed by atoms with Crippen LogP contribution in [0.3, 0.4) is 0 Å². The van der Waals surface area contributed by atoms with Gasteiger partial charge in [0.15, 0.2) is 0 Å². The lowest BCUT2D eigenvalue weighted by molar-refractivity contribution is 0.0918. The van der Waals surface area contributed by atoms with Crippen molar-refractivity contribution in [3.8, 4) is 0 Å². The molecule has 0 saturated carbocycles. The summed E-state index contributed by atoms with van der Waals surface area (Å²) in [5, 5.41) is 3.41. The summed E-state index contributed by atoms with van der Waals surface area (Å²) < 4.78 is 0. The van der Waals surface area contributed by atoms with E-state index in [9.17, 15) is 0 Å². The van der Waals surface area contributed by atoms with Crippen LogP contribution in [0, 0.1) is 5.92 Å². The van der Waals surface area contributed by atoms with Crippen molar-refractivity contribution >= 4 is 0 Å². The third-order valence-electron chi connectivity index (χ3n) is 4.59. The molecule has 1 N–H and O–H groups in total. The van der Waals surface area contributed by atoms with E-state index in [1.807, 2.05) is 0 Å². The molecule has 1 aliphatic rings. The van der Waals surface area contributed by atoms with E-state index >= 15 is 0 Å². The quantitative estimate of drug-likeness (QED) is 0.852. The Bertz CT molecular complexity index is 384. The minimum absolute atomic E-state index is 0.604. The summed E-state index contributed by atoms with van der Waals surface area (Å²) in [5.74, 6) is 0.744. The fourth-order valence-electron chi connectivity index (χ4n) is 3.76. The molecule has 0 radical (unpaired) electrons. The molecular formula is C18H30N2. The molecule has 112 valence electrons. The van der Waals surface area contributed by atoms with Crippen molar-refractivity contribution < 1.29 is 0 Å². The van der Waals surface area contributed by atoms with Crippen molar-refractivity contribution in [2.45, 2.75) is 45.6 Å². The molecule has 0 aromatic heterocycles. The number of nitrogens with zero attached hydrogens (tertiary/aromatic N) is 1. The third-order valence-corrected chi connectivity index (χ3v) is 4.59. The first kappa shape index (κ1) is 15.5. The maximum Gasteiger partial charge on any atom is 0.0391 e. The van der Waals surface area contributed by atoms with Gasteiger partial charge in [0, 0.05) is 6.04 Å². The lowest BCUT2D eigenvalue weighted by Gasteiger charge is -2.42. The van der Waals surface area contributed by atoms with Gasteiger partial charge in [-0.1, -0.05) is 38.1 Å². The lowest BCUT2D eigenvalue weighted by Crippen LogP contribution is -2.42. The van der Waals surface area contributed by atoms with Crippen molar-refractivity contribution in [1.29, 1.82) is 0 Å². The third kappa shape index (κ3) is 3.42. The number of rotatable bonds is 6. The van der Waals surface area contributed by atoms with Gasteiger partial charge in [0.2, 0.25) is 0 Å². The van der Waals surface area contributed by atoms with Crippen LogP contribution >= 0.6 is 0 Å². The molecule has 2 nitrogen and oxygen atoms in total. The second-order valence-electron chi connectivity index (χ2n) is 5.99. The van der Waals surface area contributed by atoms with E-state index in [0.717, 1.165) is 18.9 Å². The normalized spacial score (nSPS) is 23.9. The van der Waals surface area contributed by atoms with Gasteiger partial charge in [-0.25, -0.2) is 0 Å². The van der Waals surface area contributed by atoms with Crippen molar-refractivity contribution in [3.63, 3.8) is 0 Å². The summed E-state index contributed by atoms with van der Waals surface area (Å²) in [7, 11) is 2.08. The van der Waals surface area contributed by atoms with Crippen molar-refractivity contribution in [2.24, 2.45) is 5.92 Å². The van der Waals surface area contributed by atoms with Crippen molar-refractivity contribution in [3.05, 3.63) is 35.4 Å². The summed E-state index contributed by atoms with van der Waals surface area (Å²) in [6, 6.07) is 9.67. The first-order chi connectivity index (χ1) is 9.81. The van der Waals surface area contributed by atoms with Gasteiger partial charge in [0.1, 0.15) is 0 Å². The Labute approximate surface area is 124 Å². The SMILES string of the molecule is CCCN1CCCC(CNC)C1c1ccccc1CC. The highest BCUT2D eigenvalue weighted by molar-refractivity contribution is 5.31. The summed E-state index contributed by atoms with van der Waals surface area (Å²) in [6.07, 6.45) is 5.08. The average Bonchev–Trinajstić information content (AvgIpc) is 2.48. The fraction of sp³-hybridized carbons (Fsp3) is 0.667. The van der Waals surface area contributed by atoms with E-state index in [-0.39, 0.29) is 0 Å². The van der Waals surface area contributed by atoms with Crippen LogP contribution in [0.25, 0.3) is 0 Å². The van der Waals surface area contributed by atoms with E-state index in [1.54, 1.807) is 5.56 Å². The van der Waals surface area contributed by atoms with Gasteiger partial charge in [-0.3, -0.25) is 4.90 Å².